The van der Waals surface area contributed by atoms with Gasteiger partial charge in [0.1, 0.15) is 0 Å². The summed E-state index contributed by atoms with van der Waals surface area (Å²) in [5, 5.41) is 0. The van der Waals surface area contributed by atoms with Crippen LogP contribution < -0.4 is 0 Å². The van der Waals surface area contributed by atoms with E-state index in [-0.39, 0.29) is 5.97 Å². The first-order chi connectivity index (χ1) is 7.40. The molecular weight excluding hydrogens is 220 g/mol. The molecule has 0 aromatic rings. The van der Waals surface area contributed by atoms with Crippen LogP contribution in [0.3, 0.4) is 0 Å². The molecule has 0 aromatic heterocycles. The first-order valence-corrected chi connectivity index (χ1v) is 9.28. The lowest BCUT2D eigenvalue weighted by molar-refractivity contribution is -0.140. The molecule has 0 spiro atoms. The lowest BCUT2D eigenvalue weighted by Gasteiger charge is -2.19. The zero-order valence-electron chi connectivity index (χ0n) is 10.7. The maximum atomic E-state index is 11.0. The molecule has 0 N–H and O–H groups in total. The standard InChI is InChI=1S/C12H22O3Si/c1-14-12(13)8-6-10-5-7-11(9-10)15-16(2,3)4/h9-10H,5-8H2,1-4H3. The molecule has 0 fully saturated rings. The molecule has 1 unspecified atom stereocenters. The number of allylic oxidation sites excluding steroid dienone is 2. The number of hydrogen-bond acceptors (Lipinski definition) is 3. The van der Waals surface area contributed by atoms with Crippen molar-refractivity contribution in [2.75, 3.05) is 7.11 Å². The van der Waals surface area contributed by atoms with Gasteiger partial charge in [0, 0.05) is 12.8 Å². The molecule has 0 amide bonds. The minimum absolute atomic E-state index is 0.118. The number of rotatable bonds is 5. The molecule has 4 heteroatoms. The summed E-state index contributed by atoms with van der Waals surface area (Å²) in [6.45, 7) is 6.57. The molecule has 16 heavy (non-hydrogen) atoms. The van der Waals surface area contributed by atoms with Gasteiger partial charge in [-0.15, -0.1) is 0 Å². The molecule has 1 atom stereocenters. The van der Waals surface area contributed by atoms with Gasteiger partial charge in [0.25, 0.3) is 0 Å². The number of esters is 1. The second-order valence-electron chi connectivity index (χ2n) is 5.26. The molecule has 1 aliphatic carbocycles. The third-order valence-electron chi connectivity index (χ3n) is 2.57. The molecule has 1 rings (SSSR count). The van der Waals surface area contributed by atoms with E-state index in [0.29, 0.717) is 12.3 Å². The highest BCUT2D eigenvalue weighted by Gasteiger charge is 2.23. The topological polar surface area (TPSA) is 35.5 Å². The highest BCUT2D eigenvalue weighted by Crippen LogP contribution is 2.30. The van der Waals surface area contributed by atoms with E-state index in [4.69, 9.17) is 4.43 Å². The van der Waals surface area contributed by atoms with Crippen molar-refractivity contribution in [2.24, 2.45) is 5.92 Å². The SMILES string of the molecule is COC(=O)CCC1C=C(O[Si](C)(C)C)CC1. The van der Waals surface area contributed by atoms with Crippen molar-refractivity contribution in [3.05, 3.63) is 11.8 Å². The second-order valence-corrected chi connectivity index (χ2v) is 9.69. The lowest BCUT2D eigenvalue weighted by Crippen LogP contribution is -2.24. The zero-order valence-corrected chi connectivity index (χ0v) is 11.7. The smallest absolute Gasteiger partial charge is 0.305 e. The van der Waals surface area contributed by atoms with Crippen molar-refractivity contribution in [3.8, 4) is 0 Å². The average Bonchev–Trinajstić information content (AvgIpc) is 2.59. The normalized spacial score (nSPS) is 20.5. The Morgan fingerprint density at radius 2 is 2.19 bits per heavy atom. The largest absolute Gasteiger partial charge is 0.548 e. The quantitative estimate of drug-likeness (QED) is 0.549. The van der Waals surface area contributed by atoms with Gasteiger partial charge in [0.2, 0.25) is 8.32 Å². The third-order valence-corrected chi connectivity index (χ3v) is 3.44. The van der Waals surface area contributed by atoms with E-state index < -0.39 is 8.32 Å². The molecule has 3 nitrogen and oxygen atoms in total. The van der Waals surface area contributed by atoms with Gasteiger partial charge < -0.3 is 9.16 Å². The van der Waals surface area contributed by atoms with Crippen molar-refractivity contribution in [1.29, 1.82) is 0 Å². The summed E-state index contributed by atoms with van der Waals surface area (Å²) < 4.78 is 10.6. The fraction of sp³-hybridized carbons (Fsp3) is 0.750. The molecule has 0 saturated heterocycles. The monoisotopic (exact) mass is 242 g/mol. The Balaban J connectivity index is 2.35. The Labute approximate surface area is 99.0 Å². The molecule has 0 aromatic carbocycles. The predicted octanol–water partition coefficient (Wildman–Crippen LogP) is 3.09. The van der Waals surface area contributed by atoms with Crippen LogP contribution in [0.2, 0.25) is 19.6 Å². The minimum atomic E-state index is -1.46. The van der Waals surface area contributed by atoms with Crippen molar-refractivity contribution >= 4 is 14.3 Å². The van der Waals surface area contributed by atoms with E-state index in [2.05, 4.69) is 30.5 Å². The van der Waals surface area contributed by atoms with Crippen LogP contribution >= 0.6 is 0 Å². The number of ether oxygens (including phenoxy) is 1. The third kappa shape index (κ3) is 4.83. The van der Waals surface area contributed by atoms with Crippen LogP contribution in [0, 0.1) is 5.92 Å². The van der Waals surface area contributed by atoms with Crippen LogP contribution in [0.4, 0.5) is 0 Å². The molecule has 92 valence electrons. The molecule has 0 aliphatic heterocycles. The van der Waals surface area contributed by atoms with Crippen LogP contribution in [0.15, 0.2) is 11.8 Å². The van der Waals surface area contributed by atoms with Crippen molar-refractivity contribution in [1.82, 2.24) is 0 Å². The van der Waals surface area contributed by atoms with Gasteiger partial charge in [-0.25, -0.2) is 0 Å². The van der Waals surface area contributed by atoms with E-state index in [0.717, 1.165) is 25.0 Å². The Morgan fingerprint density at radius 1 is 1.50 bits per heavy atom. The summed E-state index contributed by atoms with van der Waals surface area (Å²) in [5.41, 5.74) is 0. The molecule has 0 saturated carbocycles. The molecule has 0 bridgehead atoms. The summed E-state index contributed by atoms with van der Waals surface area (Å²) in [5.74, 6) is 1.51. The minimum Gasteiger partial charge on any atom is -0.548 e. The van der Waals surface area contributed by atoms with E-state index in [9.17, 15) is 4.79 Å². The van der Waals surface area contributed by atoms with Crippen LogP contribution in [-0.2, 0) is 14.0 Å². The highest BCUT2D eigenvalue weighted by molar-refractivity contribution is 6.70. The van der Waals surface area contributed by atoms with Crippen LogP contribution in [0.5, 0.6) is 0 Å². The molecular formula is C12H22O3Si. The number of carbonyl (C=O) groups excluding carboxylic acids is 1. The van der Waals surface area contributed by atoms with Crippen LogP contribution in [-0.4, -0.2) is 21.4 Å². The fourth-order valence-corrected chi connectivity index (χ4v) is 2.83. The summed E-state index contributed by atoms with van der Waals surface area (Å²) in [6, 6.07) is 0. The predicted molar refractivity (Wildman–Crippen MR) is 66.5 cm³/mol. The van der Waals surface area contributed by atoms with E-state index >= 15 is 0 Å². The molecule has 0 radical (unpaired) electrons. The Morgan fingerprint density at radius 3 is 2.75 bits per heavy atom. The lowest BCUT2D eigenvalue weighted by atomic mass is 10.0. The molecule has 1 aliphatic rings. The molecule has 0 heterocycles. The summed E-state index contributed by atoms with van der Waals surface area (Å²) in [6.07, 6.45) is 5.72. The van der Waals surface area contributed by atoms with Crippen molar-refractivity contribution in [3.63, 3.8) is 0 Å². The summed E-state index contributed by atoms with van der Waals surface area (Å²) >= 11 is 0. The first-order valence-electron chi connectivity index (χ1n) is 5.87. The van der Waals surface area contributed by atoms with Gasteiger partial charge in [-0.2, -0.15) is 0 Å². The van der Waals surface area contributed by atoms with Gasteiger partial charge in [-0.3, -0.25) is 4.79 Å². The number of hydrogen-bond donors (Lipinski definition) is 0. The van der Waals surface area contributed by atoms with E-state index in [1.165, 1.54) is 7.11 Å². The Kier molecular flexibility index (Phi) is 4.59. The Hall–Kier alpha value is -0.773. The average molecular weight is 242 g/mol. The zero-order chi connectivity index (χ0) is 12.2. The van der Waals surface area contributed by atoms with E-state index in [1.54, 1.807) is 0 Å². The Bertz CT molecular complexity index is 278. The first kappa shape index (κ1) is 13.3. The number of methoxy groups -OCH3 is 1. The number of carbonyl (C=O) groups is 1. The van der Waals surface area contributed by atoms with Gasteiger partial charge in [0.15, 0.2) is 0 Å². The van der Waals surface area contributed by atoms with Crippen molar-refractivity contribution in [2.45, 2.75) is 45.3 Å². The maximum absolute atomic E-state index is 11.0. The van der Waals surface area contributed by atoms with Gasteiger partial charge in [-0.05, 0) is 44.5 Å². The van der Waals surface area contributed by atoms with Gasteiger partial charge in [0.05, 0.1) is 12.9 Å². The highest BCUT2D eigenvalue weighted by atomic mass is 28.4. The summed E-state index contributed by atoms with van der Waals surface area (Å²) in [4.78, 5) is 11.0. The summed E-state index contributed by atoms with van der Waals surface area (Å²) in [7, 11) is -0.0263. The van der Waals surface area contributed by atoms with Crippen LogP contribution in [0.25, 0.3) is 0 Å². The van der Waals surface area contributed by atoms with E-state index in [1.807, 2.05) is 0 Å². The maximum Gasteiger partial charge on any atom is 0.305 e. The van der Waals surface area contributed by atoms with Crippen LogP contribution in [0.1, 0.15) is 25.7 Å². The van der Waals surface area contributed by atoms with Gasteiger partial charge >= 0.3 is 5.97 Å². The fourth-order valence-electron chi connectivity index (χ4n) is 1.87. The second kappa shape index (κ2) is 5.52. The van der Waals surface area contributed by atoms with Crippen molar-refractivity contribution < 1.29 is 14.0 Å². The van der Waals surface area contributed by atoms with Gasteiger partial charge in [-0.1, -0.05) is 0 Å².